The van der Waals surface area contributed by atoms with Crippen LogP contribution in [0.5, 0.6) is 0 Å². The van der Waals surface area contributed by atoms with Gasteiger partial charge in [0.15, 0.2) is 0 Å². The number of hydrogen-bond acceptors (Lipinski definition) is 2. The maximum atomic E-state index is 5.51. The molecule has 0 amide bonds. The smallest absolute Gasteiger partial charge is 0.142 e. The summed E-state index contributed by atoms with van der Waals surface area (Å²) in [6, 6.07) is 0. The fourth-order valence-corrected chi connectivity index (χ4v) is 1.84. The summed E-state index contributed by atoms with van der Waals surface area (Å²) < 4.78 is 0. The Labute approximate surface area is 62.0 Å². The van der Waals surface area contributed by atoms with Crippen LogP contribution in [0.15, 0.2) is 5.16 Å². The molecule has 2 rings (SSSR count). The second-order valence-corrected chi connectivity index (χ2v) is 3.24. The van der Waals surface area contributed by atoms with Gasteiger partial charge in [-0.05, 0) is 25.7 Å². The van der Waals surface area contributed by atoms with Crippen molar-refractivity contribution in [1.82, 2.24) is 0 Å². The normalized spacial score (nSPS) is 28.6. The first kappa shape index (κ1) is 6.26. The van der Waals surface area contributed by atoms with E-state index in [0.29, 0.717) is 5.61 Å². The van der Waals surface area contributed by atoms with Gasteiger partial charge in [0.25, 0.3) is 0 Å². The van der Waals surface area contributed by atoms with Crippen molar-refractivity contribution < 1.29 is 4.84 Å². The summed E-state index contributed by atoms with van der Waals surface area (Å²) in [5, 5.41) is 3.77. The molecule has 0 N–H and O–H groups in total. The summed E-state index contributed by atoms with van der Waals surface area (Å²) in [7, 11) is 5.51. The van der Waals surface area contributed by atoms with E-state index >= 15 is 0 Å². The molecule has 0 saturated heterocycles. The summed E-state index contributed by atoms with van der Waals surface area (Å²) in [6.07, 6.45) is 5.66. The van der Waals surface area contributed by atoms with Crippen molar-refractivity contribution >= 4 is 13.5 Å². The van der Waals surface area contributed by atoms with Crippen molar-refractivity contribution in [3.63, 3.8) is 0 Å². The van der Waals surface area contributed by atoms with Crippen LogP contribution in [0.1, 0.15) is 32.1 Å². The molecule has 52 valence electrons. The Morgan fingerprint density at radius 3 is 2.60 bits per heavy atom. The zero-order chi connectivity index (χ0) is 7.03. The zero-order valence-corrected chi connectivity index (χ0v) is 5.97. The Balaban J connectivity index is 2.07. The van der Waals surface area contributed by atoms with Crippen molar-refractivity contribution in [2.45, 2.75) is 37.7 Å². The predicted octanol–water partition coefficient (Wildman–Crippen LogP) is 1.20. The molecule has 10 heavy (non-hydrogen) atoms. The molecule has 0 aromatic carbocycles. The second-order valence-electron chi connectivity index (χ2n) is 3.24. The number of oxime groups is 1. The summed E-state index contributed by atoms with van der Waals surface area (Å²) in [6.45, 7) is 0. The highest BCUT2D eigenvalue weighted by atomic mass is 16.7. The van der Waals surface area contributed by atoms with Crippen LogP contribution in [0.25, 0.3) is 0 Å². The lowest BCUT2D eigenvalue weighted by molar-refractivity contribution is -0.0126. The van der Waals surface area contributed by atoms with E-state index in [-0.39, 0.29) is 5.60 Å². The van der Waals surface area contributed by atoms with Gasteiger partial charge in [0.1, 0.15) is 13.4 Å². The van der Waals surface area contributed by atoms with Crippen LogP contribution in [0, 0.1) is 0 Å². The Morgan fingerprint density at radius 1 is 1.40 bits per heavy atom. The minimum atomic E-state index is 0.0318. The lowest BCUT2D eigenvalue weighted by Gasteiger charge is -2.19. The van der Waals surface area contributed by atoms with Crippen LogP contribution in [-0.2, 0) is 4.84 Å². The first-order valence-electron chi connectivity index (χ1n) is 3.81. The Morgan fingerprint density at radius 2 is 2.10 bits per heavy atom. The first-order valence-corrected chi connectivity index (χ1v) is 3.81. The molecular formula is C7H10BNO. The van der Waals surface area contributed by atoms with Crippen LogP contribution in [-0.4, -0.2) is 19.1 Å². The third-order valence-corrected chi connectivity index (χ3v) is 2.37. The lowest BCUT2D eigenvalue weighted by atomic mass is 9.87. The maximum Gasteiger partial charge on any atom is 0.142 e. The number of hydrogen-bond donors (Lipinski definition) is 0. The van der Waals surface area contributed by atoms with Gasteiger partial charge in [-0.15, -0.1) is 5.16 Å². The van der Waals surface area contributed by atoms with Crippen molar-refractivity contribution in [3.8, 4) is 0 Å². The molecule has 2 nitrogen and oxygen atoms in total. The van der Waals surface area contributed by atoms with Gasteiger partial charge >= 0.3 is 0 Å². The average Bonchev–Trinajstić information content (AvgIpc) is 2.46. The molecule has 0 aromatic heterocycles. The molecule has 1 aliphatic heterocycles. The summed E-state index contributed by atoms with van der Waals surface area (Å²) in [5.74, 6) is 0. The first-order chi connectivity index (χ1) is 4.81. The van der Waals surface area contributed by atoms with E-state index < -0.39 is 0 Å². The average molecular weight is 135 g/mol. The molecule has 1 aliphatic carbocycles. The third kappa shape index (κ3) is 0.843. The topological polar surface area (TPSA) is 21.6 Å². The van der Waals surface area contributed by atoms with Crippen LogP contribution in [0.2, 0.25) is 0 Å². The quantitative estimate of drug-likeness (QED) is 0.457. The molecule has 0 unspecified atom stereocenters. The number of rotatable bonds is 0. The Kier molecular flexibility index (Phi) is 1.26. The van der Waals surface area contributed by atoms with Gasteiger partial charge in [0.2, 0.25) is 0 Å². The molecule has 2 radical (unpaired) electrons. The number of nitrogens with zero attached hydrogens (tertiary/aromatic N) is 1. The van der Waals surface area contributed by atoms with Crippen LogP contribution in [0.4, 0.5) is 0 Å². The standard InChI is InChI=1S/C7H10BNO/c8-6-5-7(10-9-6)3-1-2-4-7/h1-5H2. The van der Waals surface area contributed by atoms with E-state index in [1.807, 2.05) is 0 Å². The van der Waals surface area contributed by atoms with Gasteiger partial charge in [-0.1, -0.05) is 0 Å². The zero-order valence-electron chi connectivity index (χ0n) is 5.97. The minimum absolute atomic E-state index is 0.0318. The molecule has 1 saturated carbocycles. The molecule has 0 bridgehead atoms. The van der Waals surface area contributed by atoms with Crippen LogP contribution >= 0.6 is 0 Å². The van der Waals surface area contributed by atoms with Gasteiger partial charge < -0.3 is 4.84 Å². The minimum Gasteiger partial charge on any atom is -0.390 e. The fourth-order valence-electron chi connectivity index (χ4n) is 1.84. The van der Waals surface area contributed by atoms with Crippen molar-refractivity contribution in [3.05, 3.63) is 0 Å². The van der Waals surface area contributed by atoms with E-state index in [1.165, 1.54) is 12.8 Å². The summed E-state index contributed by atoms with van der Waals surface area (Å²) in [5.41, 5.74) is 0.700. The largest absolute Gasteiger partial charge is 0.390 e. The molecular weight excluding hydrogens is 125 g/mol. The van der Waals surface area contributed by atoms with Gasteiger partial charge in [-0.25, -0.2) is 0 Å². The molecule has 3 heteroatoms. The highest BCUT2D eigenvalue weighted by Crippen LogP contribution is 2.39. The summed E-state index contributed by atoms with van der Waals surface area (Å²) >= 11 is 0. The second kappa shape index (κ2) is 2.01. The molecule has 0 aromatic rings. The van der Waals surface area contributed by atoms with E-state index in [0.717, 1.165) is 19.3 Å². The van der Waals surface area contributed by atoms with Crippen molar-refractivity contribution in [1.29, 1.82) is 0 Å². The van der Waals surface area contributed by atoms with Crippen molar-refractivity contribution in [2.24, 2.45) is 5.16 Å². The Bertz CT molecular complexity index is 172. The van der Waals surface area contributed by atoms with Gasteiger partial charge in [0, 0.05) is 12.0 Å². The molecule has 1 spiro atoms. The molecule has 1 fully saturated rings. The molecule has 0 atom stereocenters. The highest BCUT2D eigenvalue weighted by molar-refractivity contribution is 6.59. The highest BCUT2D eigenvalue weighted by Gasteiger charge is 2.39. The van der Waals surface area contributed by atoms with Gasteiger partial charge in [-0.3, -0.25) is 0 Å². The van der Waals surface area contributed by atoms with Crippen LogP contribution in [0.3, 0.4) is 0 Å². The van der Waals surface area contributed by atoms with Crippen LogP contribution < -0.4 is 0 Å². The molecule has 1 heterocycles. The maximum absolute atomic E-state index is 5.51. The fraction of sp³-hybridized carbons (Fsp3) is 0.857. The monoisotopic (exact) mass is 135 g/mol. The SMILES string of the molecule is [B]C1=NOC2(CCCC2)C1. The van der Waals surface area contributed by atoms with E-state index in [2.05, 4.69) is 5.16 Å². The predicted molar refractivity (Wildman–Crippen MR) is 40.1 cm³/mol. The molecule has 2 aliphatic rings. The van der Waals surface area contributed by atoms with E-state index in [1.54, 1.807) is 0 Å². The van der Waals surface area contributed by atoms with E-state index in [4.69, 9.17) is 12.7 Å². The van der Waals surface area contributed by atoms with Gasteiger partial charge in [-0.2, -0.15) is 0 Å². The third-order valence-electron chi connectivity index (χ3n) is 2.37. The van der Waals surface area contributed by atoms with Gasteiger partial charge in [0.05, 0.1) is 0 Å². The van der Waals surface area contributed by atoms with E-state index in [9.17, 15) is 0 Å². The van der Waals surface area contributed by atoms with Crippen molar-refractivity contribution in [2.75, 3.05) is 0 Å². The Hall–Kier alpha value is -0.465. The lowest BCUT2D eigenvalue weighted by Crippen LogP contribution is -2.24. The summed E-state index contributed by atoms with van der Waals surface area (Å²) in [4.78, 5) is 5.28.